The molecule has 2 aliphatic rings. The van der Waals surface area contributed by atoms with Crippen LogP contribution in [0.25, 0.3) is 0 Å². The van der Waals surface area contributed by atoms with Crippen molar-refractivity contribution in [3.63, 3.8) is 0 Å². The monoisotopic (exact) mass is 476 g/mol. The van der Waals surface area contributed by atoms with Gasteiger partial charge in [-0.15, -0.1) is 0 Å². The van der Waals surface area contributed by atoms with Crippen LogP contribution in [-0.4, -0.2) is 60.0 Å². The number of carbonyl (C=O) groups is 2. The molecule has 1 aromatic carbocycles. The summed E-state index contributed by atoms with van der Waals surface area (Å²) in [5.74, 6) is 0.206. The fourth-order valence-electron chi connectivity index (χ4n) is 4.86. The molecular weight excluding hydrogens is 444 g/mol. The Morgan fingerprint density at radius 2 is 1.91 bits per heavy atom. The van der Waals surface area contributed by atoms with E-state index in [1.807, 2.05) is 29.2 Å². The number of piperidine rings is 1. The van der Waals surface area contributed by atoms with E-state index in [2.05, 4.69) is 26.7 Å². The highest BCUT2D eigenvalue weighted by Crippen LogP contribution is 2.40. The number of anilines is 3. The Balaban J connectivity index is 1.53. The normalized spacial score (nSPS) is 19.0. The molecule has 1 aliphatic carbocycles. The highest BCUT2D eigenvalue weighted by atomic mass is 16.2. The third-order valence-electron chi connectivity index (χ3n) is 6.84. The maximum Gasteiger partial charge on any atom is 0.317 e. The Hall–Kier alpha value is -3.87. The summed E-state index contributed by atoms with van der Waals surface area (Å²) in [4.78, 5) is 36.6. The molecule has 4 N–H and O–H groups in total. The Labute approximate surface area is 205 Å². The standard InChI is InChI=1S/C25H32N8O2/c1-32(2)24(35)30-19-6-5-13-33(15-19)20-14-28-21(22(27)34)23(31-20)29-18-9-7-17(8-10-18)25(16-26)11-3-4-12-25/h7-10,14,19H,3-6,11-13,15H2,1-2H3,(H2,27,34)(H,29,31)(H,30,35). The highest BCUT2D eigenvalue weighted by molar-refractivity contribution is 5.96. The first-order valence-electron chi connectivity index (χ1n) is 12.0. The first-order valence-corrected chi connectivity index (χ1v) is 12.0. The molecule has 4 rings (SSSR count). The Morgan fingerprint density at radius 1 is 1.20 bits per heavy atom. The number of nitrogens with two attached hydrogens (primary N) is 1. The van der Waals surface area contributed by atoms with Gasteiger partial charge in [-0.3, -0.25) is 4.79 Å². The van der Waals surface area contributed by atoms with Crippen LogP contribution in [0.5, 0.6) is 0 Å². The molecule has 2 fully saturated rings. The van der Waals surface area contributed by atoms with E-state index >= 15 is 0 Å². The second-order valence-corrected chi connectivity index (χ2v) is 9.52. The number of amides is 3. The fraction of sp³-hybridized carbons (Fsp3) is 0.480. The average Bonchev–Trinajstić information content (AvgIpc) is 3.35. The number of aromatic nitrogens is 2. The van der Waals surface area contributed by atoms with Crippen molar-refractivity contribution in [2.24, 2.45) is 5.73 Å². The first kappa shape index (κ1) is 24.3. The van der Waals surface area contributed by atoms with Crippen molar-refractivity contribution in [3.05, 3.63) is 41.7 Å². The predicted molar refractivity (Wildman–Crippen MR) is 133 cm³/mol. The maximum absolute atomic E-state index is 12.1. The third-order valence-corrected chi connectivity index (χ3v) is 6.84. The van der Waals surface area contributed by atoms with Crippen LogP contribution in [0.2, 0.25) is 0 Å². The second kappa shape index (κ2) is 10.2. The molecule has 0 radical (unpaired) electrons. The summed E-state index contributed by atoms with van der Waals surface area (Å²) in [7, 11) is 3.42. The van der Waals surface area contributed by atoms with Crippen LogP contribution < -0.4 is 21.3 Å². The molecule has 10 nitrogen and oxygen atoms in total. The van der Waals surface area contributed by atoms with Crippen LogP contribution in [0.1, 0.15) is 54.6 Å². The molecule has 0 spiro atoms. The number of nitriles is 1. The van der Waals surface area contributed by atoms with Gasteiger partial charge in [0, 0.05) is 38.9 Å². The predicted octanol–water partition coefficient (Wildman–Crippen LogP) is 2.89. The van der Waals surface area contributed by atoms with E-state index in [1.54, 1.807) is 20.3 Å². The van der Waals surface area contributed by atoms with E-state index in [4.69, 9.17) is 5.73 Å². The zero-order chi connectivity index (χ0) is 25.0. The number of hydrogen-bond donors (Lipinski definition) is 3. The SMILES string of the molecule is CN(C)C(=O)NC1CCCN(c2cnc(C(N)=O)c(Nc3ccc(C4(C#N)CCCC4)cc3)n2)C1. The summed E-state index contributed by atoms with van der Waals surface area (Å²) < 4.78 is 0. The van der Waals surface area contributed by atoms with E-state index in [0.29, 0.717) is 12.4 Å². The lowest BCUT2D eigenvalue weighted by Gasteiger charge is -2.34. The molecule has 1 unspecified atom stereocenters. The van der Waals surface area contributed by atoms with Crippen molar-refractivity contribution in [1.82, 2.24) is 20.2 Å². The van der Waals surface area contributed by atoms with Gasteiger partial charge in [-0.1, -0.05) is 25.0 Å². The third kappa shape index (κ3) is 5.29. The van der Waals surface area contributed by atoms with Crippen molar-refractivity contribution < 1.29 is 9.59 Å². The fourth-order valence-corrected chi connectivity index (χ4v) is 4.86. The van der Waals surface area contributed by atoms with Crippen LogP contribution in [0.3, 0.4) is 0 Å². The zero-order valence-electron chi connectivity index (χ0n) is 20.3. The van der Waals surface area contributed by atoms with E-state index in [-0.39, 0.29) is 23.6 Å². The van der Waals surface area contributed by atoms with Gasteiger partial charge in [0.1, 0.15) is 5.82 Å². The first-order chi connectivity index (χ1) is 16.8. The summed E-state index contributed by atoms with van der Waals surface area (Å²) in [6, 6.07) is 10.1. The molecule has 1 aliphatic heterocycles. The largest absolute Gasteiger partial charge is 0.364 e. The summed E-state index contributed by atoms with van der Waals surface area (Å²) in [6.45, 7) is 1.36. The number of primary amides is 1. The van der Waals surface area contributed by atoms with Crippen molar-refractivity contribution in [2.75, 3.05) is 37.4 Å². The van der Waals surface area contributed by atoms with E-state index in [9.17, 15) is 14.9 Å². The lowest BCUT2D eigenvalue weighted by Crippen LogP contribution is -2.50. The molecule has 2 heterocycles. The van der Waals surface area contributed by atoms with Crippen LogP contribution in [-0.2, 0) is 5.41 Å². The van der Waals surface area contributed by atoms with E-state index < -0.39 is 11.3 Å². The van der Waals surface area contributed by atoms with Gasteiger partial charge in [0.05, 0.1) is 17.7 Å². The quantitative estimate of drug-likeness (QED) is 0.582. The number of nitrogens with zero attached hydrogens (tertiary/aromatic N) is 5. The number of urea groups is 1. The van der Waals surface area contributed by atoms with Crippen LogP contribution >= 0.6 is 0 Å². The van der Waals surface area contributed by atoms with Gasteiger partial charge < -0.3 is 26.2 Å². The molecule has 1 saturated carbocycles. The summed E-state index contributed by atoms with van der Waals surface area (Å²) >= 11 is 0. The summed E-state index contributed by atoms with van der Waals surface area (Å²) in [5, 5.41) is 16.0. The average molecular weight is 477 g/mol. The lowest BCUT2D eigenvalue weighted by molar-refractivity contribution is 0.0996. The van der Waals surface area contributed by atoms with Crippen molar-refractivity contribution in [2.45, 2.75) is 50.0 Å². The van der Waals surface area contributed by atoms with Crippen molar-refractivity contribution >= 4 is 29.3 Å². The van der Waals surface area contributed by atoms with E-state index in [1.165, 1.54) is 4.90 Å². The van der Waals surface area contributed by atoms with Crippen LogP contribution in [0.15, 0.2) is 30.5 Å². The van der Waals surface area contributed by atoms with Gasteiger partial charge in [0.2, 0.25) is 0 Å². The molecule has 3 amide bonds. The van der Waals surface area contributed by atoms with Gasteiger partial charge in [0.25, 0.3) is 5.91 Å². The number of nitrogens with one attached hydrogen (secondary N) is 2. The minimum atomic E-state index is -0.674. The number of benzene rings is 1. The molecule has 35 heavy (non-hydrogen) atoms. The van der Waals surface area contributed by atoms with Gasteiger partial charge in [-0.25, -0.2) is 14.8 Å². The molecule has 1 saturated heterocycles. The molecule has 1 aromatic heterocycles. The number of hydrogen-bond acceptors (Lipinski definition) is 7. The second-order valence-electron chi connectivity index (χ2n) is 9.52. The van der Waals surface area contributed by atoms with E-state index in [0.717, 1.165) is 56.3 Å². The molecular formula is C25H32N8O2. The minimum absolute atomic E-state index is 0.0109. The Bertz CT molecular complexity index is 1120. The summed E-state index contributed by atoms with van der Waals surface area (Å²) in [5.41, 5.74) is 6.94. The van der Waals surface area contributed by atoms with Crippen LogP contribution in [0.4, 0.5) is 22.1 Å². The molecule has 10 heteroatoms. The van der Waals surface area contributed by atoms with Gasteiger partial charge in [-0.2, -0.15) is 5.26 Å². The van der Waals surface area contributed by atoms with Crippen molar-refractivity contribution in [1.29, 1.82) is 5.26 Å². The smallest absolute Gasteiger partial charge is 0.317 e. The zero-order valence-corrected chi connectivity index (χ0v) is 20.3. The van der Waals surface area contributed by atoms with Gasteiger partial charge in [0.15, 0.2) is 11.5 Å². The summed E-state index contributed by atoms with van der Waals surface area (Å²) in [6.07, 6.45) is 7.19. The highest BCUT2D eigenvalue weighted by Gasteiger charge is 2.35. The Morgan fingerprint density at radius 3 is 2.54 bits per heavy atom. The lowest BCUT2D eigenvalue weighted by atomic mass is 9.80. The number of carbonyl (C=O) groups excluding carboxylic acids is 2. The van der Waals surface area contributed by atoms with Crippen LogP contribution in [0, 0.1) is 11.3 Å². The molecule has 184 valence electrons. The Kier molecular flexibility index (Phi) is 7.05. The molecule has 2 aromatic rings. The number of rotatable bonds is 6. The molecule has 1 atom stereocenters. The minimum Gasteiger partial charge on any atom is -0.364 e. The van der Waals surface area contributed by atoms with Crippen molar-refractivity contribution in [3.8, 4) is 6.07 Å². The van der Waals surface area contributed by atoms with Gasteiger partial charge >= 0.3 is 6.03 Å². The maximum atomic E-state index is 12.1. The van der Waals surface area contributed by atoms with Gasteiger partial charge in [-0.05, 0) is 43.4 Å². The molecule has 0 bridgehead atoms. The topological polar surface area (TPSA) is 140 Å².